The Kier molecular flexibility index (Phi) is 11.7. The van der Waals surface area contributed by atoms with Crippen molar-refractivity contribution in [2.75, 3.05) is 42.0 Å². The van der Waals surface area contributed by atoms with Crippen LogP contribution in [0.4, 0.5) is 4.79 Å². The van der Waals surface area contributed by atoms with Gasteiger partial charge in [-0.3, -0.25) is 0 Å². The molecule has 0 spiro atoms. The second-order valence-electron chi connectivity index (χ2n) is 11.6. The molecule has 5 rings (SSSR count). The third kappa shape index (κ3) is 7.59. The van der Waals surface area contributed by atoms with Crippen LogP contribution in [0.5, 0.6) is 23.0 Å². The lowest BCUT2D eigenvalue weighted by atomic mass is 9.73. The highest BCUT2D eigenvalue weighted by molar-refractivity contribution is 7.85. The number of carbonyl (C=O) groups is 1. The van der Waals surface area contributed by atoms with Crippen molar-refractivity contribution in [2.24, 2.45) is 0 Å². The van der Waals surface area contributed by atoms with Crippen LogP contribution >= 0.6 is 0 Å². The summed E-state index contributed by atoms with van der Waals surface area (Å²) in [5, 5.41) is 0. The molecule has 1 amide bonds. The maximum atomic E-state index is 14.0. The standard InChI is InChI=1S/C31H38NO6.C6H6O3S/c1-7-31(20-23-13-14-26(34-3)27(17-23)35-4)25-19-29(37-6)28(36-5)18-24(25)15-16-32(31,2)30(33)38-21-22-11-9-8-10-12-22;7-10(8,9)6-4-2-1-3-5-6/h8-14,17-19H,7,15-16,20-21H2,1-6H3;1-5H,(H,7,8,9)/q+1;/p-1/t31-,32?;/m1./s1. The Morgan fingerprint density at radius 3 is 1.88 bits per heavy atom. The fourth-order valence-electron chi connectivity index (χ4n) is 6.36. The number of rotatable bonds is 10. The molecule has 0 saturated heterocycles. The normalized spacial score (nSPS) is 18.4. The van der Waals surface area contributed by atoms with E-state index in [1.54, 1.807) is 34.5 Å². The van der Waals surface area contributed by atoms with Crippen molar-refractivity contribution in [2.45, 2.75) is 43.2 Å². The maximum absolute atomic E-state index is 14.0. The van der Waals surface area contributed by atoms with Gasteiger partial charge in [0.2, 0.25) is 0 Å². The predicted octanol–water partition coefficient (Wildman–Crippen LogP) is 6.50. The Morgan fingerprint density at radius 2 is 1.33 bits per heavy atom. The topological polar surface area (TPSA) is 120 Å². The first-order valence-electron chi connectivity index (χ1n) is 15.5. The fourth-order valence-corrected chi connectivity index (χ4v) is 6.85. The van der Waals surface area contributed by atoms with E-state index in [0.29, 0.717) is 48.8 Å². The van der Waals surface area contributed by atoms with Crippen LogP contribution in [0.1, 0.15) is 35.6 Å². The highest BCUT2D eigenvalue weighted by Crippen LogP contribution is 2.49. The summed E-state index contributed by atoms with van der Waals surface area (Å²) >= 11 is 0. The van der Waals surface area contributed by atoms with Gasteiger partial charge in [0.25, 0.3) is 0 Å². The minimum absolute atomic E-state index is 0.104. The minimum Gasteiger partial charge on any atom is -0.744 e. The molecule has 2 atom stereocenters. The minimum atomic E-state index is -4.25. The predicted molar refractivity (Wildman–Crippen MR) is 181 cm³/mol. The van der Waals surface area contributed by atoms with Gasteiger partial charge in [0, 0.05) is 24.8 Å². The van der Waals surface area contributed by atoms with E-state index in [1.165, 1.54) is 24.3 Å². The van der Waals surface area contributed by atoms with Gasteiger partial charge < -0.3 is 28.2 Å². The average Bonchev–Trinajstić information content (AvgIpc) is 3.11. The third-order valence-corrected chi connectivity index (χ3v) is 9.90. The van der Waals surface area contributed by atoms with Crippen molar-refractivity contribution in [3.05, 3.63) is 113 Å². The van der Waals surface area contributed by atoms with Crippen molar-refractivity contribution < 1.29 is 45.9 Å². The molecular formula is C37H43NO9S. The lowest BCUT2D eigenvalue weighted by Crippen LogP contribution is -2.66. The molecule has 4 aromatic rings. The van der Waals surface area contributed by atoms with E-state index >= 15 is 0 Å². The molecule has 4 aromatic carbocycles. The van der Waals surface area contributed by atoms with Crippen LogP contribution in [0, 0.1) is 0 Å². The zero-order valence-corrected chi connectivity index (χ0v) is 29.0. The molecule has 1 heterocycles. The number of likely N-dealkylation sites (N-methyl/N-ethyl adjacent to an activating group) is 1. The molecule has 0 aromatic heterocycles. The summed E-state index contributed by atoms with van der Waals surface area (Å²) in [6.45, 7) is 2.95. The van der Waals surface area contributed by atoms with Crippen molar-refractivity contribution in [1.29, 1.82) is 0 Å². The van der Waals surface area contributed by atoms with Crippen molar-refractivity contribution in [3.8, 4) is 23.0 Å². The number of fused-ring (bicyclic) bond motifs is 1. The molecule has 0 aliphatic carbocycles. The van der Waals surface area contributed by atoms with E-state index in [1.807, 2.05) is 67.7 Å². The number of benzene rings is 4. The molecule has 0 saturated carbocycles. The number of carbonyl (C=O) groups excluding carboxylic acids is 1. The smallest absolute Gasteiger partial charge is 0.516 e. The SMILES string of the molecule is CC[C@@]1(Cc2ccc(OC)c(OC)c2)c2cc(OC)c(OC)cc2CC[N+]1(C)C(=O)OCc1ccccc1.O=S(=O)([O-])c1ccccc1. The zero-order chi connectivity index (χ0) is 35.0. The Morgan fingerprint density at radius 1 is 0.771 bits per heavy atom. The number of methoxy groups -OCH3 is 4. The van der Waals surface area contributed by atoms with Crippen LogP contribution < -0.4 is 18.9 Å². The molecule has 1 unspecified atom stereocenters. The van der Waals surface area contributed by atoms with Crippen LogP contribution in [0.15, 0.2) is 95.9 Å². The lowest BCUT2D eigenvalue weighted by molar-refractivity contribution is -0.903. The van der Waals surface area contributed by atoms with Crippen molar-refractivity contribution in [3.63, 3.8) is 0 Å². The summed E-state index contributed by atoms with van der Waals surface area (Å²) in [6, 6.07) is 27.0. The first-order valence-corrected chi connectivity index (χ1v) is 16.9. The molecule has 11 heteroatoms. The number of quaternary nitrogens is 1. The van der Waals surface area contributed by atoms with E-state index in [9.17, 15) is 17.8 Å². The Balaban J connectivity index is 0.000000445. The lowest BCUT2D eigenvalue weighted by Gasteiger charge is -2.51. The highest BCUT2D eigenvalue weighted by atomic mass is 32.2. The van der Waals surface area contributed by atoms with Gasteiger partial charge in [-0.15, -0.1) is 0 Å². The van der Waals surface area contributed by atoms with Gasteiger partial charge in [-0.2, -0.15) is 4.79 Å². The molecule has 10 nitrogen and oxygen atoms in total. The number of hydrogen-bond acceptors (Lipinski definition) is 9. The van der Waals surface area contributed by atoms with Crippen LogP contribution in [0.25, 0.3) is 0 Å². The summed E-state index contributed by atoms with van der Waals surface area (Å²) in [5.74, 6) is 2.64. The molecule has 48 heavy (non-hydrogen) atoms. The van der Waals surface area contributed by atoms with Gasteiger partial charge in [0.1, 0.15) is 22.3 Å². The van der Waals surface area contributed by atoms with E-state index in [2.05, 4.69) is 6.92 Å². The fraction of sp³-hybridized carbons (Fsp3) is 0.324. The van der Waals surface area contributed by atoms with Gasteiger partial charge >= 0.3 is 6.09 Å². The van der Waals surface area contributed by atoms with E-state index in [4.69, 9.17) is 23.7 Å². The monoisotopic (exact) mass is 677 g/mol. The summed E-state index contributed by atoms with van der Waals surface area (Å²) < 4.78 is 59.3. The highest BCUT2D eigenvalue weighted by Gasteiger charge is 2.57. The molecule has 1 aliphatic rings. The van der Waals surface area contributed by atoms with Crippen LogP contribution in [-0.2, 0) is 39.8 Å². The second-order valence-corrected chi connectivity index (χ2v) is 13.0. The van der Waals surface area contributed by atoms with Crippen molar-refractivity contribution >= 4 is 16.2 Å². The molecule has 256 valence electrons. The first-order chi connectivity index (χ1) is 23.0. The van der Waals surface area contributed by atoms with Gasteiger partial charge in [-0.05, 0) is 53.1 Å². The third-order valence-electron chi connectivity index (χ3n) is 9.05. The molecule has 0 N–H and O–H groups in total. The number of amides is 1. The largest absolute Gasteiger partial charge is 0.744 e. The maximum Gasteiger partial charge on any atom is 0.516 e. The molecular weight excluding hydrogens is 634 g/mol. The molecule has 1 aliphatic heterocycles. The number of ether oxygens (including phenoxy) is 5. The summed E-state index contributed by atoms with van der Waals surface area (Å²) in [5.41, 5.74) is 3.58. The van der Waals surface area contributed by atoms with E-state index in [-0.39, 0.29) is 22.1 Å². The zero-order valence-electron chi connectivity index (χ0n) is 28.2. The van der Waals surface area contributed by atoms with Gasteiger partial charge in [-0.25, -0.2) is 12.9 Å². The summed E-state index contributed by atoms with van der Waals surface area (Å²) in [6.07, 6.45) is 1.74. The van der Waals surface area contributed by atoms with Gasteiger partial charge in [0.15, 0.2) is 23.0 Å². The Hall–Kier alpha value is -4.58. The summed E-state index contributed by atoms with van der Waals surface area (Å²) in [7, 11) is 4.28. The Labute approximate surface area is 283 Å². The number of hydrogen-bond donors (Lipinski definition) is 0. The summed E-state index contributed by atoms with van der Waals surface area (Å²) in [4.78, 5) is 13.8. The first kappa shape index (κ1) is 36.3. The molecule has 0 bridgehead atoms. The molecule has 0 radical (unpaired) electrons. The van der Waals surface area contributed by atoms with Crippen LogP contribution in [0.2, 0.25) is 0 Å². The van der Waals surface area contributed by atoms with E-state index < -0.39 is 15.7 Å². The Bertz CT molecular complexity index is 1800. The second kappa shape index (κ2) is 15.5. The number of nitrogens with zero attached hydrogens (tertiary/aromatic N) is 1. The molecule has 0 fully saturated rings. The van der Waals surface area contributed by atoms with Crippen LogP contribution in [-0.4, -0.2) is 65.6 Å². The van der Waals surface area contributed by atoms with Crippen LogP contribution in [0.3, 0.4) is 0 Å². The van der Waals surface area contributed by atoms with Gasteiger partial charge in [0.05, 0.1) is 46.9 Å². The van der Waals surface area contributed by atoms with Crippen molar-refractivity contribution in [1.82, 2.24) is 0 Å². The van der Waals surface area contributed by atoms with E-state index in [0.717, 1.165) is 22.3 Å². The van der Waals surface area contributed by atoms with Gasteiger partial charge in [-0.1, -0.05) is 61.5 Å². The average molecular weight is 678 g/mol. The quantitative estimate of drug-likeness (QED) is 0.137.